The summed E-state index contributed by atoms with van der Waals surface area (Å²) in [5.74, 6) is 0.818. The van der Waals surface area contributed by atoms with Gasteiger partial charge in [-0.15, -0.1) is 0 Å². The number of aromatic nitrogens is 2. The number of carbonyl (C=O) groups is 1. The minimum absolute atomic E-state index is 0.225. The van der Waals surface area contributed by atoms with Gasteiger partial charge in [-0.3, -0.25) is 4.79 Å². The van der Waals surface area contributed by atoms with E-state index in [1.54, 1.807) is 7.11 Å². The molecule has 2 aromatic carbocycles. The highest BCUT2D eigenvalue weighted by atomic mass is 16.5. The van der Waals surface area contributed by atoms with Crippen LogP contribution in [0.4, 0.5) is 17.2 Å². The molecule has 1 aromatic heterocycles. The molecule has 26 heavy (non-hydrogen) atoms. The summed E-state index contributed by atoms with van der Waals surface area (Å²) in [4.78, 5) is 20.9. The molecule has 0 spiro atoms. The number of nitrogens with zero attached hydrogens (tertiary/aromatic N) is 2. The first-order chi connectivity index (χ1) is 12.5. The van der Waals surface area contributed by atoms with Gasteiger partial charge in [0.25, 0.3) is 5.91 Å². The van der Waals surface area contributed by atoms with E-state index < -0.39 is 0 Å². The zero-order chi connectivity index (χ0) is 18.5. The second kappa shape index (κ2) is 7.65. The van der Waals surface area contributed by atoms with Crippen LogP contribution in [0.1, 0.15) is 21.6 Å². The maximum Gasteiger partial charge on any atom is 0.275 e. The van der Waals surface area contributed by atoms with Gasteiger partial charge in [0.15, 0.2) is 0 Å². The zero-order valence-corrected chi connectivity index (χ0v) is 14.9. The van der Waals surface area contributed by atoms with E-state index in [1.807, 2.05) is 56.3 Å². The van der Waals surface area contributed by atoms with Crippen LogP contribution in [0.15, 0.2) is 54.9 Å². The van der Waals surface area contributed by atoms with Crippen molar-refractivity contribution in [3.8, 4) is 5.75 Å². The summed E-state index contributed by atoms with van der Waals surface area (Å²) < 4.78 is 5.27. The molecule has 1 amide bonds. The van der Waals surface area contributed by atoms with Crippen LogP contribution in [-0.4, -0.2) is 23.0 Å². The Balaban J connectivity index is 1.72. The lowest BCUT2D eigenvalue weighted by Crippen LogP contribution is -2.15. The molecule has 0 aliphatic heterocycles. The van der Waals surface area contributed by atoms with Crippen molar-refractivity contribution in [3.63, 3.8) is 0 Å². The molecule has 3 aromatic rings. The van der Waals surface area contributed by atoms with Crippen molar-refractivity contribution in [1.29, 1.82) is 0 Å². The number of hydrogen-bond donors (Lipinski definition) is 2. The first-order valence-corrected chi connectivity index (χ1v) is 8.17. The second-order valence-corrected chi connectivity index (χ2v) is 5.94. The van der Waals surface area contributed by atoms with E-state index in [-0.39, 0.29) is 11.6 Å². The van der Waals surface area contributed by atoms with Gasteiger partial charge in [0, 0.05) is 5.69 Å². The number of ether oxygens (including phenoxy) is 1. The van der Waals surface area contributed by atoms with Crippen molar-refractivity contribution >= 4 is 23.1 Å². The first-order valence-electron chi connectivity index (χ1n) is 8.17. The highest BCUT2D eigenvalue weighted by Gasteiger charge is 2.12. The predicted octanol–water partition coefficient (Wildman–Crippen LogP) is 4.10. The number of rotatable bonds is 5. The molecular weight excluding hydrogens is 328 g/mol. The Morgan fingerprint density at radius 3 is 2.50 bits per heavy atom. The predicted molar refractivity (Wildman–Crippen MR) is 102 cm³/mol. The van der Waals surface area contributed by atoms with E-state index in [1.165, 1.54) is 12.4 Å². The quantitative estimate of drug-likeness (QED) is 0.726. The smallest absolute Gasteiger partial charge is 0.275 e. The fraction of sp³-hybridized carbons (Fsp3) is 0.150. The van der Waals surface area contributed by atoms with Gasteiger partial charge in [0.05, 0.1) is 25.2 Å². The topological polar surface area (TPSA) is 76.1 Å². The van der Waals surface area contributed by atoms with Gasteiger partial charge in [-0.2, -0.15) is 0 Å². The number of hydrogen-bond acceptors (Lipinski definition) is 5. The van der Waals surface area contributed by atoms with E-state index in [4.69, 9.17) is 4.74 Å². The van der Waals surface area contributed by atoms with Crippen LogP contribution >= 0.6 is 0 Å². The normalized spacial score (nSPS) is 10.3. The lowest BCUT2D eigenvalue weighted by molar-refractivity contribution is 0.102. The van der Waals surface area contributed by atoms with E-state index in [0.717, 1.165) is 16.8 Å². The monoisotopic (exact) mass is 348 g/mol. The van der Waals surface area contributed by atoms with Crippen LogP contribution in [0.3, 0.4) is 0 Å². The lowest BCUT2D eigenvalue weighted by atomic mass is 10.2. The summed E-state index contributed by atoms with van der Waals surface area (Å²) in [6.07, 6.45) is 2.97. The summed E-state index contributed by atoms with van der Waals surface area (Å²) >= 11 is 0. The molecule has 2 N–H and O–H groups in total. The number of carbonyl (C=O) groups excluding carboxylic acids is 1. The summed E-state index contributed by atoms with van der Waals surface area (Å²) in [6, 6.07) is 13.5. The van der Waals surface area contributed by atoms with E-state index in [2.05, 4.69) is 20.6 Å². The average molecular weight is 348 g/mol. The van der Waals surface area contributed by atoms with Gasteiger partial charge in [-0.25, -0.2) is 9.97 Å². The highest BCUT2D eigenvalue weighted by Crippen LogP contribution is 2.25. The maximum atomic E-state index is 12.4. The summed E-state index contributed by atoms with van der Waals surface area (Å²) in [5, 5.41) is 5.97. The van der Waals surface area contributed by atoms with Crippen molar-refractivity contribution in [2.24, 2.45) is 0 Å². The van der Waals surface area contributed by atoms with Crippen LogP contribution in [0, 0.1) is 13.8 Å². The van der Waals surface area contributed by atoms with Crippen LogP contribution in [-0.2, 0) is 0 Å². The van der Waals surface area contributed by atoms with Crippen LogP contribution in [0.5, 0.6) is 5.75 Å². The second-order valence-electron chi connectivity index (χ2n) is 5.94. The lowest BCUT2D eigenvalue weighted by Gasteiger charge is -2.11. The SMILES string of the molecule is COc1ccc(C)cc1NC(=O)c1cnc(Nc2cccc(C)c2)cn1. The van der Waals surface area contributed by atoms with E-state index in [9.17, 15) is 4.79 Å². The Kier molecular flexibility index (Phi) is 5.12. The number of nitrogens with one attached hydrogen (secondary N) is 2. The third-order valence-electron chi connectivity index (χ3n) is 3.78. The Hall–Kier alpha value is -3.41. The van der Waals surface area contributed by atoms with Crippen LogP contribution in [0.25, 0.3) is 0 Å². The minimum atomic E-state index is -0.344. The van der Waals surface area contributed by atoms with Gasteiger partial charge in [0.2, 0.25) is 0 Å². The molecule has 3 rings (SSSR count). The first kappa shape index (κ1) is 17.4. The van der Waals surface area contributed by atoms with Crippen molar-refractivity contribution in [3.05, 3.63) is 71.7 Å². The molecule has 132 valence electrons. The van der Waals surface area contributed by atoms with Gasteiger partial charge in [-0.05, 0) is 49.2 Å². The summed E-state index contributed by atoms with van der Waals surface area (Å²) in [5.41, 5.74) is 3.90. The fourth-order valence-corrected chi connectivity index (χ4v) is 2.49. The third-order valence-corrected chi connectivity index (χ3v) is 3.78. The maximum absolute atomic E-state index is 12.4. The molecule has 1 heterocycles. The van der Waals surface area contributed by atoms with Crippen molar-refractivity contribution < 1.29 is 9.53 Å². The number of benzene rings is 2. The third kappa shape index (κ3) is 4.16. The summed E-state index contributed by atoms with van der Waals surface area (Å²) in [6.45, 7) is 3.96. The molecule has 6 nitrogen and oxygen atoms in total. The number of amides is 1. The van der Waals surface area contributed by atoms with E-state index >= 15 is 0 Å². The molecule has 0 aliphatic rings. The molecular formula is C20H20N4O2. The minimum Gasteiger partial charge on any atom is -0.495 e. The molecule has 0 saturated heterocycles. The average Bonchev–Trinajstić information content (AvgIpc) is 2.62. The largest absolute Gasteiger partial charge is 0.495 e. The molecule has 0 aliphatic carbocycles. The Bertz CT molecular complexity index is 923. The number of anilines is 3. The Morgan fingerprint density at radius 2 is 1.81 bits per heavy atom. The van der Waals surface area contributed by atoms with Crippen LogP contribution < -0.4 is 15.4 Å². The molecule has 0 bridgehead atoms. The number of methoxy groups -OCH3 is 1. The highest BCUT2D eigenvalue weighted by molar-refractivity contribution is 6.03. The van der Waals surface area contributed by atoms with E-state index in [0.29, 0.717) is 17.3 Å². The standard InChI is InChI=1S/C20H20N4O2/c1-13-5-4-6-15(9-13)23-19-12-21-17(11-22-19)20(25)24-16-10-14(2)7-8-18(16)26-3/h4-12H,1-3H3,(H,22,23)(H,24,25). The molecule has 0 atom stereocenters. The Labute approximate surface area is 152 Å². The van der Waals surface area contributed by atoms with Gasteiger partial charge >= 0.3 is 0 Å². The van der Waals surface area contributed by atoms with Crippen molar-refractivity contribution in [2.75, 3.05) is 17.7 Å². The Morgan fingerprint density at radius 1 is 1.00 bits per heavy atom. The number of aryl methyl sites for hydroxylation is 2. The molecule has 0 unspecified atom stereocenters. The van der Waals surface area contributed by atoms with Gasteiger partial charge in [-0.1, -0.05) is 18.2 Å². The summed E-state index contributed by atoms with van der Waals surface area (Å²) in [7, 11) is 1.56. The fourth-order valence-electron chi connectivity index (χ4n) is 2.49. The molecule has 0 fully saturated rings. The molecule has 6 heteroatoms. The van der Waals surface area contributed by atoms with Crippen LogP contribution in [0.2, 0.25) is 0 Å². The molecule has 0 radical (unpaired) electrons. The van der Waals surface area contributed by atoms with Gasteiger partial charge < -0.3 is 15.4 Å². The van der Waals surface area contributed by atoms with Crippen molar-refractivity contribution in [1.82, 2.24) is 9.97 Å². The van der Waals surface area contributed by atoms with Gasteiger partial charge in [0.1, 0.15) is 17.3 Å². The zero-order valence-electron chi connectivity index (χ0n) is 14.9. The molecule has 0 saturated carbocycles. The van der Waals surface area contributed by atoms with Crippen molar-refractivity contribution in [2.45, 2.75) is 13.8 Å².